The number of nitrogens with two attached hydrogens (primary N) is 1. The Bertz CT molecular complexity index is 454. The molecule has 0 atom stereocenters. The molecular weight excluding hydrogens is 252 g/mol. The van der Waals surface area contributed by atoms with Crippen molar-refractivity contribution in [2.24, 2.45) is 0 Å². The van der Waals surface area contributed by atoms with Gasteiger partial charge in [0.05, 0.1) is 0 Å². The van der Waals surface area contributed by atoms with Crippen molar-refractivity contribution in [1.82, 2.24) is 4.98 Å². The molecular formula is C12H11BrN2. The summed E-state index contributed by atoms with van der Waals surface area (Å²) >= 11 is 3.44. The standard InChI is InChI=1S/C12H11BrN2/c13-8-11-10(6-7-15-12(11)14)9-4-2-1-3-5-9/h1-7H,8H2,(H2,14,15). The molecule has 0 bridgehead atoms. The number of nitrogen functional groups attached to an aromatic ring is 1. The summed E-state index contributed by atoms with van der Waals surface area (Å²) in [6.07, 6.45) is 1.74. The minimum Gasteiger partial charge on any atom is -0.383 e. The molecule has 1 aromatic carbocycles. The second-order valence-electron chi connectivity index (χ2n) is 3.22. The molecule has 0 aliphatic heterocycles. The van der Waals surface area contributed by atoms with Crippen molar-refractivity contribution in [1.29, 1.82) is 0 Å². The molecule has 0 saturated heterocycles. The summed E-state index contributed by atoms with van der Waals surface area (Å²) in [7, 11) is 0. The van der Waals surface area contributed by atoms with Crippen LogP contribution in [0, 0.1) is 0 Å². The van der Waals surface area contributed by atoms with Crippen LogP contribution in [0.2, 0.25) is 0 Å². The maximum absolute atomic E-state index is 5.83. The second kappa shape index (κ2) is 4.45. The Labute approximate surface area is 97.3 Å². The van der Waals surface area contributed by atoms with Crippen molar-refractivity contribution in [3.63, 3.8) is 0 Å². The highest BCUT2D eigenvalue weighted by atomic mass is 79.9. The summed E-state index contributed by atoms with van der Waals surface area (Å²) < 4.78 is 0. The smallest absolute Gasteiger partial charge is 0.127 e. The zero-order valence-electron chi connectivity index (χ0n) is 8.15. The van der Waals surface area contributed by atoms with Gasteiger partial charge in [0, 0.05) is 17.1 Å². The van der Waals surface area contributed by atoms with Gasteiger partial charge in [0.2, 0.25) is 0 Å². The third-order valence-corrected chi connectivity index (χ3v) is 2.87. The summed E-state index contributed by atoms with van der Waals surface area (Å²) in [6.45, 7) is 0. The van der Waals surface area contributed by atoms with E-state index in [1.165, 1.54) is 5.56 Å². The van der Waals surface area contributed by atoms with Crippen LogP contribution in [0.25, 0.3) is 11.1 Å². The summed E-state index contributed by atoms with van der Waals surface area (Å²) in [5.41, 5.74) is 9.18. The van der Waals surface area contributed by atoms with Gasteiger partial charge in [-0.1, -0.05) is 46.3 Å². The van der Waals surface area contributed by atoms with E-state index in [1.54, 1.807) is 6.20 Å². The molecule has 0 unspecified atom stereocenters. The molecule has 0 saturated carbocycles. The fourth-order valence-corrected chi connectivity index (χ4v) is 2.13. The average molecular weight is 263 g/mol. The summed E-state index contributed by atoms with van der Waals surface area (Å²) in [6, 6.07) is 12.2. The molecule has 0 fully saturated rings. The number of nitrogens with zero attached hydrogens (tertiary/aromatic N) is 1. The predicted molar refractivity (Wildman–Crippen MR) is 66.7 cm³/mol. The number of benzene rings is 1. The third kappa shape index (κ3) is 2.02. The summed E-state index contributed by atoms with van der Waals surface area (Å²) in [5.74, 6) is 0.591. The highest BCUT2D eigenvalue weighted by Crippen LogP contribution is 2.27. The molecule has 2 N–H and O–H groups in total. The zero-order chi connectivity index (χ0) is 10.7. The van der Waals surface area contributed by atoms with Crippen LogP contribution in [-0.4, -0.2) is 4.98 Å². The molecule has 2 nitrogen and oxygen atoms in total. The first-order valence-electron chi connectivity index (χ1n) is 4.67. The van der Waals surface area contributed by atoms with Gasteiger partial charge in [0.15, 0.2) is 0 Å². The highest BCUT2D eigenvalue weighted by molar-refractivity contribution is 9.08. The Balaban J connectivity index is 2.58. The van der Waals surface area contributed by atoms with E-state index in [1.807, 2.05) is 24.3 Å². The lowest BCUT2D eigenvalue weighted by atomic mass is 10.0. The van der Waals surface area contributed by atoms with Gasteiger partial charge in [0.25, 0.3) is 0 Å². The van der Waals surface area contributed by atoms with Crippen LogP contribution >= 0.6 is 15.9 Å². The molecule has 0 aliphatic carbocycles. The van der Waals surface area contributed by atoms with Gasteiger partial charge in [-0.15, -0.1) is 0 Å². The molecule has 76 valence electrons. The Hall–Kier alpha value is -1.35. The number of pyridine rings is 1. The van der Waals surface area contributed by atoms with E-state index < -0.39 is 0 Å². The van der Waals surface area contributed by atoms with Crippen LogP contribution in [0.4, 0.5) is 5.82 Å². The molecule has 1 heterocycles. The van der Waals surface area contributed by atoms with Crippen molar-refractivity contribution in [2.75, 3.05) is 5.73 Å². The fourth-order valence-electron chi connectivity index (χ4n) is 1.54. The maximum Gasteiger partial charge on any atom is 0.127 e. The Kier molecular flexibility index (Phi) is 3.02. The molecule has 0 aliphatic rings. The summed E-state index contributed by atoms with van der Waals surface area (Å²) in [5, 5.41) is 0.719. The molecule has 2 aromatic rings. The lowest BCUT2D eigenvalue weighted by molar-refractivity contribution is 1.27. The number of hydrogen-bond acceptors (Lipinski definition) is 2. The van der Waals surface area contributed by atoms with Crippen LogP contribution in [0.1, 0.15) is 5.56 Å². The number of anilines is 1. The number of halogens is 1. The van der Waals surface area contributed by atoms with Crippen molar-refractivity contribution in [2.45, 2.75) is 5.33 Å². The van der Waals surface area contributed by atoms with Gasteiger partial charge in [-0.25, -0.2) is 4.98 Å². The third-order valence-electron chi connectivity index (χ3n) is 2.31. The van der Waals surface area contributed by atoms with E-state index in [4.69, 9.17) is 5.73 Å². The van der Waals surface area contributed by atoms with Crippen molar-refractivity contribution in [3.8, 4) is 11.1 Å². The monoisotopic (exact) mass is 262 g/mol. The molecule has 1 aromatic heterocycles. The molecule has 15 heavy (non-hydrogen) atoms. The van der Waals surface area contributed by atoms with Crippen LogP contribution in [-0.2, 0) is 5.33 Å². The molecule has 0 radical (unpaired) electrons. The Morgan fingerprint density at radius 2 is 1.87 bits per heavy atom. The average Bonchev–Trinajstić information content (AvgIpc) is 2.30. The van der Waals surface area contributed by atoms with E-state index >= 15 is 0 Å². The fraction of sp³-hybridized carbons (Fsp3) is 0.0833. The first kappa shape index (κ1) is 10.2. The van der Waals surface area contributed by atoms with Gasteiger partial charge in [-0.2, -0.15) is 0 Å². The van der Waals surface area contributed by atoms with E-state index in [0.29, 0.717) is 5.82 Å². The van der Waals surface area contributed by atoms with Crippen LogP contribution in [0.3, 0.4) is 0 Å². The molecule has 0 spiro atoms. The number of aromatic nitrogens is 1. The van der Waals surface area contributed by atoms with E-state index in [-0.39, 0.29) is 0 Å². The minimum atomic E-state index is 0.591. The van der Waals surface area contributed by atoms with E-state index in [2.05, 4.69) is 33.0 Å². The van der Waals surface area contributed by atoms with Crippen molar-refractivity contribution < 1.29 is 0 Å². The minimum absolute atomic E-state index is 0.591. The largest absolute Gasteiger partial charge is 0.383 e. The number of rotatable bonds is 2. The molecule has 2 rings (SSSR count). The second-order valence-corrected chi connectivity index (χ2v) is 3.78. The van der Waals surface area contributed by atoms with Crippen molar-refractivity contribution in [3.05, 3.63) is 48.2 Å². The van der Waals surface area contributed by atoms with Gasteiger partial charge in [-0.05, 0) is 17.2 Å². The lowest BCUT2D eigenvalue weighted by Gasteiger charge is -2.08. The SMILES string of the molecule is Nc1nccc(-c2ccccc2)c1CBr. The Morgan fingerprint density at radius 1 is 1.13 bits per heavy atom. The molecule has 3 heteroatoms. The van der Waals surface area contributed by atoms with Crippen LogP contribution < -0.4 is 5.73 Å². The van der Waals surface area contributed by atoms with Gasteiger partial charge in [0.1, 0.15) is 5.82 Å². The van der Waals surface area contributed by atoms with E-state index in [9.17, 15) is 0 Å². The lowest BCUT2D eigenvalue weighted by Crippen LogP contribution is -1.97. The first-order chi connectivity index (χ1) is 7.33. The normalized spacial score (nSPS) is 10.2. The van der Waals surface area contributed by atoms with Gasteiger partial charge >= 0.3 is 0 Å². The van der Waals surface area contributed by atoms with Crippen molar-refractivity contribution >= 4 is 21.7 Å². The summed E-state index contributed by atoms with van der Waals surface area (Å²) in [4.78, 5) is 4.08. The first-order valence-corrected chi connectivity index (χ1v) is 5.80. The highest BCUT2D eigenvalue weighted by Gasteiger charge is 2.07. The molecule has 0 amide bonds. The maximum atomic E-state index is 5.83. The van der Waals surface area contributed by atoms with Gasteiger partial charge < -0.3 is 5.73 Å². The van der Waals surface area contributed by atoms with Gasteiger partial charge in [-0.3, -0.25) is 0 Å². The van der Waals surface area contributed by atoms with Crippen LogP contribution in [0.15, 0.2) is 42.6 Å². The topological polar surface area (TPSA) is 38.9 Å². The quantitative estimate of drug-likeness (QED) is 0.845. The zero-order valence-corrected chi connectivity index (χ0v) is 9.74. The number of alkyl halides is 1. The number of hydrogen-bond donors (Lipinski definition) is 1. The Morgan fingerprint density at radius 3 is 2.53 bits per heavy atom. The van der Waals surface area contributed by atoms with E-state index in [0.717, 1.165) is 16.5 Å². The van der Waals surface area contributed by atoms with Crippen LogP contribution in [0.5, 0.6) is 0 Å². The predicted octanol–water partition coefficient (Wildman–Crippen LogP) is 3.23.